The number of aliphatic hydroxyl groups excluding tert-OH is 1. The summed E-state index contributed by atoms with van der Waals surface area (Å²) in [6.45, 7) is 1.44. The lowest BCUT2D eigenvalue weighted by Crippen LogP contribution is -2.07. The number of fused-ring (bicyclic) bond motifs is 1. The summed E-state index contributed by atoms with van der Waals surface area (Å²) < 4.78 is 5.40. The number of nitrogens with zero attached hydrogens (tertiary/aromatic N) is 2. The first-order valence-corrected chi connectivity index (χ1v) is 7.34. The smallest absolute Gasteiger partial charge is 0.318 e. The Morgan fingerprint density at radius 2 is 1.81 bits per heavy atom. The fourth-order valence-corrected chi connectivity index (χ4v) is 2.06. The molecule has 136 valence electrons. The van der Waals surface area contributed by atoms with E-state index < -0.39 is 27.6 Å². The monoisotopic (exact) mass is 362 g/mol. The van der Waals surface area contributed by atoms with E-state index in [0.717, 1.165) is 17.2 Å². The van der Waals surface area contributed by atoms with Crippen LogP contribution in [0.3, 0.4) is 0 Å². The molecule has 1 atom stereocenters. The van der Waals surface area contributed by atoms with Crippen LogP contribution >= 0.6 is 0 Å². The van der Waals surface area contributed by atoms with Crippen LogP contribution in [0.1, 0.15) is 13.3 Å². The van der Waals surface area contributed by atoms with E-state index in [-0.39, 0.29) is 17.9 Å². The van der Waals surface area contributed by atoms with Gasteiger partial charge in [0.25, 0.3) is 5.69 Å². The molecular formula is C16H14N2O8. The molecule has 0 amide bonds. The van der Waals surface area contributed by atoms with Crippen molar-refractivity contribution in [2.75, 3.05) is 0 Å². The summed E-state index contributed by atoms with van der Waals surface area (Å²) in [7, 11) is 0. The number of hydrogen-bond acceptors (Lipinski definition) is 7. The van der Waals surface area contributed by atoms with Crippen LogP contribution in [0, 0.1) is 20.2 Å². The minimum absolute atomic E-state index is 0.00583. The molecule has 0 radical (unpaired) electrons. The molecule has 0 saturated carbocycles. The molecule has 1 unspecified atom stereocenters. The van der Waals surface area contributed by atoms with Crippen LogP contribution in [0.4, 0.5) is 11.4 Å². The van der Waals surface area contributed by atoms with E-state index in [9.17, 15) is 25.0 Å². The van der Waals surface area contributed by atoms with Gasteiger partial charge in [-0.25, -0.2) is 0 Å². The van der Waals surface area contributed by atoms with Crippen LogP contribution in [-0.2, 0) is 4.79 Å². The van der Waals surface area contributed by atoms with Crippen LogP contribution in [0.5, 0.6) is 11.5 Å². The molecular weight excluding hydrogens is 348 g/mol. The lowest BCUT2D eigenvalue weighted by molar-refractivity contribution is -0.394. The number of nitro groups is 2. The van der Waals surface area contributed by atoms with Crippen molar-refractivity contribution >= 4 is 17.3 Å². The highest BCUT2D eigenvalue weighted by molar-refractivity contribution is 5.85. The van der Waals surface area contributed by atoms with Gasteiger partial charge in [0.1, 0.15) is 5.75 Å². The largest absolute Gasteiger partial charge is 0.481 e. The van der Waals surface area contributed by atoms with E-state index >= 15 is 0 Å². The molecule has 3 rings (SSSR count). The van der Waals surface area contributed by atoms with E-state index in [2.05, 4.69) is 0 Å². The van der Waals surface area contributed by atoms with Crippen molar-refractivity contribution in [1.82, 2.24) is 0 Å². The highest BCUT2D eigenvalue weighted by atomic mass is 16.6. The fourth-order valence-electron chi connectivity index (χ4n) is 2.06. The molecule has 10 heteroatoms. The number of non-ortho nitro benzene ring substituents is 1. The fraction of sp³-hybridized carbons (Fsp3) is 0.188. The summed E-state index contributed by atoms with van der Waals surface area (Å²) in [5, 5.41) is 37.8. The summed E-state index contributed by atoms with van der Waals surface area (Å²) >= 11 is 0. The second-order valence-electron chi connectivity index (χ2n) is 5.43. The molecule has 0 bridgehead atoms. The Morgan fingerprint density at radius 1 is 1.12 bits per heavy atom. The van der Waals surface area contributed by atoms with Crippen LogP contribution < -0.4 is 4.74 Å². The van der Waals surface area contributed by atoms with Crippen LogP contribution in [0.25, 0.3) is 11.1 Å². The van der Waals surface area contributed by atoms with Gasteiger partial charge in [-0.15, -0.1) is 0 Å². The van der Waals surface area contributed by atoms with Crippen molar-refractivity contribution in [3.8, 4) is 22.6 Å². The van der Waals surface area contributed by atoms with Gasteiger partial charge < -0.3 is 14.9 Å². The minimum Gasteiger partial charge on any atom is -0.481 e. The third kappa shape index (κ3) is 4.30. The number of carbonyl (C=O) groups is 1. The zero-order chi connectivity index (χ0) is 19.4. The summed E-state index contributed by atoms with van der Waals surface area (Å²) in [5.41, 5.74) is 1.18. The zero-order valence-corrected chi connectivity index (χ0v) is 13.5. The molecule has 0 aliphatic heterocycles. The topological polar surface area (TPSA) is 153 Å². The Labute approximate surface area is 146 Å². The zero-order valence-electron chi connectivity index (χ0n) is 13.5. The first kappa shape index (κ1) is 18.8. The molecule has 2 N–H and O–H groups in total. The molecule has 0 spiro atoms. The van der Waals surface area contributed by atoms with Crippen molar-refractivity contribution in [2.45, 2.75) is 19.4 Å². The average molecular weight is 362 g/mol. The highest BCUT2D eigenvalue weighted by Gasteiger charge is 2.24. The Kier molecular flexibility index (Phi) is 5.48. The number of aliphatic carboxylic acids is 1. The molecule has 0 saturated heterocycles. The van der Waals surface area contributed by atoms with Crippen molar-refractivity contribution in [3.05, 3.63) is 56.6 Å². The Hall–Kier alpha value is -3.53. The quantitative estimate of drug-likeness (QED) is 0.501. The minimum atomic E-state index is -0.963. The van der Waals surface area contributed by atoms with Gasteiger partial charge in [0.15, 0.2) is 0 Å². The van der Waals surface area contributed by atoms with Gasteiger partial charge in [-0.1, -0.05) is 12.1 Å². The van der Waals surface area contributed by atoms with Gasteiger partial charge in [0.05, 0.1) is 28.4 Å². The molecule has 0 aromatic heterocycles. The number of nitro benzene ring substituents is 2. The standard InChI is InChI=1S/C12H6N2O5.C4H8O3/c15-13(16)8-2-4-11(10(6-8)14(17)18)19-12-5-7-1-3-9(7)12;1-3(5)2-4(6)7/h1-6H;3,5H,2H2,1H3,(H,6,7). The molecule has 1 aromatic rings. The molecule has 0 fully saturated rings. The van der Waals surface area contributed by atoms with E-state index in [0.29, 0.717) is 5.75 Å². The summed E-state index contributed by atoms with van der Waals surface area (Å²) in [5.74, 6) is -0.432. The van der Waals surface area contributed by atoms with Crippen molar-refractivity contribution in [1.29, 1.82) is 0 Å². The number of hydrogen-bond donors (Lipinski definition) is 2. The molecule has 1 aromatic carbocycles. The van der Waals surface area contributed by atoms with Gasteiger partial charge in [0, 0.05) is 11.6 Å². The van der Waals surface area contributed by atoms with Gasteiger partial charge in [0.2, 0.25) is 5.75 Å². The molecule has 10 nitrogen and oxygen atoms in total. The SMILES string of the molecule is CC(O)CC(=O)O.O=[N+]([O-])c1ccc(Oc2cc3ccc2-3)c([N+](=O)[O-])c1. The normalized spacial score (nSPS) is 11.6. The second-order valence-corrected chi connectivity index (χ2v) is 5.43. The van der Waals surface area contributed by atoms with Crippen molar-refractivity contribution < 1.29 is 29.6 Å². The Balaban J connectivity index is 0.000000298. The number of carboxylic acids is 1. The third-order valence-electron chi connectivity index (χ3n) is 3.33. The number of aliphatic hydroxyl groups is 1. The first-order chi connectivity index (χ1) is 12.2. The second kappa shape index (κ2) is 7.57. The van der Waals surface area contributed by atoms with Crippen LogP contribution in [0.15, 0.2) is 36.4 Å². The molecule has 2 aliphatic carbocycles. The summed E-state index contributed by atoms with van der Waals surface area (Å²) in [4.78, 5) is 29.8. The van der Waals surface area contributed by atoms with Gasteiger partial charge in [-0.05, 0) is 24.6 Å². The van der Waals surface area contributed by atoms with Gasteiger partial charge in [-0.3, -0.25) is 25.0 Å². The number of benzene rings is 2. The lowest BCUT2D eigenvalue weighted by Gasteiger charge is -2.20. The van der Waals surface area contributed by atoms with E-state index in [1.807, 2.05) is 12.1 Å². The van der Waals surface area contributed by atoms with E-state index in [1.165, 1.54) is 19.1 Å². The molecule has 2 aliphatic rings. The van der Waals surface area contributed by atoms with E-state index in [1.54, 1.807) is 6.07 Å². The van der Waals surface area contributed by atoms with Gasteiger partial charge >= 0.3 is 11.7 Å². The number of rotatable bonds is 6. The van der Waals surface area contributed by atoms with Crippen molar-refractivity contribution in [2.24, 2.45) is 0 Å². The number of carboxylic acid groups (broad SMARTS) is 1. The lowest BCUT2D eigenvalue weighted by atomic mass is 9.92. The predicted octanol–water partition coefficient (Wildman–Crippen LogP) is 3.12. The van der Waals surface area contributed by atoms with E-state index in [4.69, 9.17) is 14.9 Å². The maximum absolute atomic E-state index is 10.9. The third-order valence-corrected chi connectivity index (χ3v) is 3.33. The van der Waals surface area contributed by atoms with Crippen molar-refractivity contribution in [3.63, 3.8) is 0 Å². The number of ether oxygens (including phenoxy) is 1. The average Bonchev–Trinajstić information content (AvgIpc) is 2.50. The predicted molar refractivity (Wildman–Crippen MR) is 89.2 cm³/mol. The van der Waals surface area contributed by atoms with Crippen LogP contribution in [0.2, 0.25) is 0 Å². The Bertz CT molecular complexity index is 879. The molecule has 0 heterocycles. The van der Waals surface area contributed by atoms with Gasteiger partial charge in [-0.2, -0.15) is 0 Å². The maximum Gasteiger partial charge on any atom is 0.318 e. The Morgan fingerprint density at radius 3 is 2.15 bits per heavy atom. The maximum atomic E-state index is 10.9. The first-order valence-electron chi connectivity index (χ1n) is 7.34. The summed E-state index contributed by atoms with van der Waals surface area (Å²) in [6.07, 6.45) is -0.891. The van der Waals surface area contributed by atoms with Crippen LogP contribution in [-0.4, -0.2) is 32.1 Å². The highest BCUT2D eigenvalue weighted by Crippen LogP contribution is 2.46. The molecule has 26 heavy (non-hydrogen) atoms. The summed E-state index contributed by atoms with van der Waals surface area (Å²) in [6, 6.07) is 8.78.